The first-order valence-electron chi connectivity index (χ1n) is 8.18. The van der Waals surface area contributed by atoms with Crippen molar-refractivity contribution in [3.63, 3.8) is 0 Å². The highest BCUT2D eigenvalue weighted by Crippen LogP contribution is 2.24. The Morgan fingerprint density at radius 2 is 1.58 bits per heavy atom. The van der Waals surface area contributed by atoms with E-state index in [0.29, 0.717) is 11.5 Å². The number of anilines is 2. The topological polar surface area (TPSA) is 58.0 Å². The van der Waals surface area contributed by atoms with Crippen LogP contribution in [-0.4, -0.2) is 23.5 Å². The maximum absolute atomic E-state index is 13.1. The molecule has 0 N–H and O–H groups in total. The fraction of sp³-hybridized carbons (Fsp3) is 0.0500. The molecule has 0 atom stereocenters. The molecule has 1 aliphatic heterocycles. The molecule has 128 valence electrons. The third-order valence-corrected chi connectivity index (χ3v) is 3.85. The van der Waals surface area contributed by atoms with Gasteiger partial charge in [0.1, 0.15) is 5.82 Å². The van der Waals surface area contributed by atoms with Crippen LogP contribution in [0, 0.1) is 0 Å². The lowest BCUT2D eigenvalue weighted by Crippen LogP contribution is -2.53. The van der Waals surface area contributed by atoms with E-state index >= 15 is 0 Å². The predicted octanol–water partition coefficient (Wildman–Crippen LogP) is 3.55. The second-order valence-corrected chi connectivity index (χ2v) is 5.58. The van der Waals surface area contributed by atoms with Gasteiger partial charge in [0.2, 0.25) is 5.84 Å². The van der Waals surface area contributed by atoms with Gasteiger partial charge in [-0.2, -0.15) is 5.06 Å². The van der Waals surface area contributed by atoms with Crippen LogP contribution in [0.2, 0.25) is 0 Å². The first kappa shape index (κ1) is 16.0. The first-order chi connectivity index (χ1) is 12.8. The Kier molecular flexibility index (Phi) is 4.40. The molecular formula is C20H16N4O2. The summed E-state index contributed by atoms with van der Waals surface area (Å²) in [6.45, 7) is 0.0541. The van der Waals surface area contributed by atoms with Crippen molar-refractivity contribution < 1.29 is 9.63 Å². The van der Waals surface area contributed by atoms with Gasteiger partial charge in [-0.15, -0.1) is 0 Å². The van der Waals surface area contributed by atoms with Crippen LogP contribution in [0.3, 0.4) is 0 Å². The van der Waals surface area contributed by atoms with Crippen LogP contribution in [0.15, 0.2) is 90.1 Å². The van der Waals surface area contributed by atoms with Crippen molar-refractivity contribution in [1.82, 2.24) is 4.98 Å². The van der Waals surface area contributed by atoms with Crippen LogP contribution in [0.1, 0.15) is 0 Å². The monoisotopic (exact) mass is 344 g/mol. The number of para-hydroxylation sites is 2. The number of carbonyl (C=O) groups excluding carboxylic acids is 1. The SMILES string of the molecule is O=C1C(=Nc2ccccc2)N(c2ccccc2)OCN1c1ccccn1. The number of nitrogens with zero attached hydrogens (tertiary/aromatic N) is 4. The lowest BCUT2D eigenvalue weighted by molar-refractivity contribution is -0.115. The number of carbonyl (C=O) groups is 1. The summed E-state index contributed by atoms with van der Waals surface area (Å²) in [5, 5.41) is 1.47. The van der Waals surface area contributed by atoms with E-state index in [1.54, 1.807) is 18.3 Å². The molecular weight excluding hydrogens is 328 g/mol. The highest BCUT2D eigenvalue weighted by Gasteiger charge is 2.34. The molecule has 0 bridgehead atoms. The number of rotatable bonds is 3. The van der Waals surface area contributed by atoms with Gasteiger partial charge in [0.15, 0.2) is 6.73 Å². The fourth-order valence-corrected chi connectivity index (χ4v) is 2.60. The number of hydroxylamine groups is 1. The Labute approximate surface area is 150 Å². The molecule has 4 rings (SSSR count). The van der Waals surface area contributed by atoms with Gasteiger partial charge in [0.25, 0.3) is 5.91 Å². The van der Waals surface area contributed by atoms with Crippen molar-refractivity contribution in [2.45, 2.75) is 0 Å². The average molecular weight is 344 g/mol. The standard InChI is InChI=1S/C20H16N4O2/c25-20-19(22-16-9-3-1-4-10-16)24(17-11-5-2-6-12-17)26-15-23(20)18-13-7-8-14-21-18/h1-14H,15H2. The van der Waals surface area contributed by atoms with Crippen molar-refractivity contribution in [3.05, 3.63) is 85.1 Å². The largest absolute Gasteiger partial charge is 0.299 e. The zero-order valence-corrected chi connectivity index (χ0v) is 13.9. The number of pyridine rings is 1. The summed E-state index contributed by atoms with van der Waals surface area (Å²) < 4.78 is 0. The number of benzene rings is 2. The van der Waals surface area contributed by atoms with Crippen LogP contribution >= 0.6 is 0 Å². The molecule has 1 amide bonds. The van der Waals surface area contributed by atoms with Crippen molar-refractivity contribution in [2.75, 3.05) is 16.7 Å². The molecule has 0 unspecified atom stereocenters. The molecule has 1 aliphatic rings. The molecule has 26 heavy (non-hydrogen) atoms. The van der Waals surface area contributed by atoms with E-state index < -0.39 is 0 Å². The van der Waals surface area contributed by atoms with E-state index in [-0.39, 0.29) is 18.5 Å². The second kappa shape index (κ2) is 7.16. The minimum Gasteiger partial charge on any atom is -0.265 e. The second-order valence-electron chi connectivity index (χ2n) is 5.58. The summed E-state index contributed by atoms with van der Waals surface area (Å²) in [5.74, 6) is 0.424. The number of amidine groups is 1. The van der Waals surface area contributed by atoms with E-state index in [1.807, 2.05) is 66.7 Å². The Hall–Kier alpha value is -3.51. The van der Waals surface area contributed by atoms with Crippen molar-refractivity contribution in [3.8, 4) is 0 Å². The van der Waals surface area contributed by atoms with Crippen molar-refractivity contribution in [1.29, 1.82) is 0 Å². The normalized spacial score (nSPS) is 16.2. The summed E-state index contributed by atoms with van der Waals surface area (Å²) >= 11 is 0. The zero-order chi connectivity index (χ0) is 17.8. The molecule has 2 aromatic carbocycles. The van der Waals surface area contributed by atoms with Gasteiger partial charge < -0.3 is 0 Å². The summed E-state index contributed by atoms with van der Waals surface area (Å²) in [5.41, 5.74) is 1.40. The minimum atomic E-state index is -0.275. The number of aromatic nitrogens is 1. The lowest BCUT2D eigenvalue weighted by Gasteiger charge is -2.34. The van der Waals surface area contributed by atoms with Gasteiger partial charge in [-0.3, -0.25) is 9.69 Å². The Morgan fingerprint density at radius 1 is 0.885 bits per heavy atom. The van der Waals surface area contributed by atoms with E-state index in [2.05, 4.69) is 9.98 Å². The number of aliphatic imine (C=N–C) groups is 1. The Morgan fingerprint density at radius 3 is 2.27 bits per heavy atom. The summed E-state index contributed by atoms with van der Waals surface area (Å²) in [4.78, 5) is 29.2. The molecule has 3 aromatic rings. The van der Waals surface area contributed by atoms with Crippen LogP contribution in [0.4, 0.5) is 17.2 Å². The van der Waals surface area contributed by atoms with Crippen LogP contribution in [-0.2, 0) is 9.63 Å². The molecule has 0 saturated carbocycles. The van der Waals surface area contributed by atoms with Crippen LogP contribution < -0.4 is 9.96 Å². The highest BCUT2D eigenvalue weighted by molar-refractivity contribution is 6.47. The first-order valence-corrected chi connectivity index (χ1v) is 8.18. The summed E-state index contributed by atoms with van der Waals surface area (Å²) in [6.07, 6.45) is 1.64. The molecule has 0 aliphatic carbocycles. The summed E-state index contributed by atoms with van der Waals surface area (Å²) in [6, 6.07) is 24.1. The molecule has 6 nitrogen and oxygen atoms in total. The maximum Gasteiger partial charge on any atom is 0.299 e. The molecule has 1 saturated heterocycles. The summed E-state index contributed by atoms with van der Waals surface area (Å²) in [7, 11) is 0. The van der Waals surface area contributed by atoms with Crippen molar-refractivity contribution in [2.24, 2.45) is 4.99 Å². The zero-order valence-electron chi connectivity index (χ0n) is 13.9. The Bertz CT molecular complexity index is 914. The molecule has 1 aromatic heterocycles. The molecule has 2 heterocycles. The smallest absolute Gasteiger partial charge is 0.265 e. The van der Waals surface area contributed by atoms with Gasteiger partial charge in [-0.05, 0) is 36.4 Å². The van der Waals surface area contributed by atoms with Crippen LogP contribution in [0.25, 0.3) is 0 Å². The van der Waals surface area contributed by atoms with Gasteiger partial charge >= 0.3 is 0 Å². The molecule has 1 fully saturated rings. The fourth-order valence-electron chi connectivity index (χ4n) is 2.60. The number of hydrogen-bond donors (Lipinski definition) is 0. The van der Waals surface area contributed by atoms with E-state index in [0.717, 1.165) is 5.69 Å². The third-order valence-electron chi connectivity index (χ3n) is 3.85. The highest BCUT2D eigenvalue weighted by atomic mass is 16.7. The van der Waals surface area contributed by atoms with Crippen LogP contribution in [0.5, 0.6) is 0 Å². The van der Waals surface area contributed by atoms with E-state index in [1.165, 1.54) is 9.96 Å². The van der Waals surface area contributed by atoms with Gasteiger partial charge in [-0.1, -0.05) is 42.5 Å². The maximum atomic E-state index is 13.1. The molecule has 0 spiro atoms. The predicted molar refractivity (Wildman–Crippen MR) is 100 cm³/mol. The average Bonchev–Trinajstić information content (AvgIpc) is 2.71. The third kappa shape index (κ3) is 3.18. The van der Waals surface area contributed by atoms with Gasteiger partial charge in [0.05, 0.1) is 11.4 Å². The molecule has 6 heteroatoms. The minimum absolute atomic E-state index is 0.0541. The van der Waals surface area contributed by atoms with E-state index in [9.17, 15) is 4.79 Å². The van der Waals surface area contributed by atoms with E-state index in [4.69, 9.17) is 4.84 Å². The van der Waals surface area contributed by atoms with Crippen molar-refractivity contribution >= 4 is 28.9 Å². The Balaban J connectivity index is 1.76. The lowest BCUT2D eigenvalue weighted by atomic mass is 10.3. The number of amides is 1. The molecule has 0 radical (unpaired) electrons. The van der Waals surface area contributed by atoms with Gasteiger partial charge in [0, 0.05) is 6.20 Å². The van der Waals surface area contributed by atoms with Gasteiger partial charge in [-0.25, -0.2) is 14.8 Å². The number of hydrogen-bond acceptors (Lipinski definition) is 4. The quantitative estimate of drug-likeness (QED) is 0.729.